The molecule has 0 fully saturated rings. The summed E-state index contributed by atoms with van der Waals surface area (Å²) in [5, 5.41) is 0. The van der Waals surface area contributed by atoms with Gasteiger partial charge in [-0.1, -0.05) is 109 Å². The number of ether oxygens (including phenoxy) is 3. The van der Waals surface area contributed by atoms with Crippen LogP contribution >= 0.6 is 0 Å². The highest BCUT2D eigenvalue weighted by Crippen LogP contribution is 2.29. The molecule has 0 saturated carbocycles. The van der Waals surface area contributed by atoms with Gasteiger partial charge >= 0.3 is 18.1 Å². The molecule has 0 spiro atoms. The standard InChI is InChI=1S/C40H50F4O5/c1-3-5-7-9-11-12-14-16-28-47-36-27-24-33(29-35(36)41)30-18-20-31(21-19-30)38(45)48-34-25-22-32(23-26-34)39(46)49-37(40(42,43)44)17-15-13-10-8-6-4-2/h18-27,29,37H,3-17,28H2,1-2H3. The molecular formula is C40H50F4O5. The molecule has 0 aliphatic carbocycles. The summed E-state index contributed by atoms with van der Waals surface area (Å²) in [6.07, 6.45) is 7.13. The summed E-state index contributed by atoms with van der Waals surface area (Å²) in [4.78, 5) is 25.2. The maximum Gasteiger partial charge on any atom is 0.425 e. The van der Waals surface area contributed by atoms with Crippen molar-refractivity contribution in [1.82, 2.24) is 0 Å². The van der Waals surface area contributed by atoms with Gasteiger partial charge in [-0.3, -0.25) is 0 Å². The maximum atomic E-state index is 14.7. The normalized spacial score (nSPS) is 12.0. The Labute approximate surface area is 288 Å². The summed E-state index contributed by atoms with van der Waals surface area (Å²) in [5.74, 6) is -1.91. The van der Waals surface area contributed by atoms with Crippen LogP contribution in [-0.2, 0) is 4.74 Å². The minimum absolute atomic E-state index is 0.0850. The highest BCUT2D eigenvalue weighted by Gasteiger charge is 2.42. The summed E-state index contributed by atoms with van der Waals surface area (Å²) < 4.78 is 71.1. The predicted octanol–water partition coefficient (Wildman–Crippen LogP) is 12.1. The lowest BCUT2D eigenvalue weighted by atomic mass is 10.0. The van der Waals surface area contributed by atoms with Crippen LogP contribution in [-0.4, -0.2) is 30.8 Å². The molecule has 268 valence electrons. The van der Waals surface area contributed by atoms with Crippen LogP contribution in [0.25, 0.3) is 11.1 Å². The van der Waals surface area contributed by atoms with Crippen LogP contribution in [0.1, 0.15) is 131 Å². The molecule has 0 amide bonds. The topological polar surface area (TPSA) is 61.8 Å². The third kappa shape index (κ3) is 14.2. The van der Waals surface area contributed by atoms with Gasteiger partial charge in [0.2, 0.25) is 0 Å². The minimum Gasteiger partial charge on any atom is -0.491 e. The minimum atomic E-state index is -4.66. The summed E-state index contributed by atoms with van der Waals surface area (Å²) >= 11 is 0. The van der Waals surface area contributed by atoms with E-state index in [1.807, 2.05) is 0 Å². The Morgan fingerprint density at radius 1 is 0.633 bits per heavy atom. The molecule has 9 heteroatoms. The lowest BCUT2D eigenvalue weighted by Gasteiger charge is -2.20. The van der Waals surface area contributed by atoms with Gasteiger partial charge < -0.3 is 14.2 Å². The third-order valence-corrected chi connectivity index (χ3v) is 8.38. The monoisotopic (exact) mass is 686 g/mol. The number of benzene rings is 3. The average Bonchev–Trinajstić information content (AvgIpc) is 3.09. The first-order valence-electron chi connectivity index (χ1n) is 17.7. The molecule has 0 bridgehead atoms. The van der Waals surface area contributed by atoms with Gasteiger partial charge in [0, 0.05) is 0 Å². The van der Waals surface area contributed by atoms with Crippen LogP contribution < -0.4 is 9.47 Å². The molecule has 0 aliphatic heterocycles. The van der Waals surface area contributed by atoms with E-state index < -0.39 is 30.0 Å². The Balaban J connectivity index is 1.47. The number of unbranched alkanes of at least 4 members (excludes halogenated alkanes) is 12. The summed E-state index contributed by atoms with van der Waals surface area (Å²) in [6.45, 7) is 4.73. The fraction of sp³-hybridized carbons (Fsp3) is 0.500. The molecule has 1 unspecified atom stereocenters. The van der Waals surface area contributed by atoms with Crippen molar-refractivity contribution in [2.24, 2.45) is 0 Å². The number of carbonyl (C=O) groups excluding carboxylic acids is 2. The van der Waals surface area contributed by atoms with E-state index in [2.05, 4.69) is 13.8 Å². The second-order valence-electron chi connectivity index (χ2n) is 12.5. The number of carbonyl (C=O) groups is 2. The largest absolute Gasteiger partial charge is 0.491 e. The van der Waals surface area contributed by atoms with E-state index in [-0.39, 0.29) is 29.0 Å². The molecule has 3 rings (SSSR count). The van der Waals surface area contributed by atoms with Gasteiger partial charge in [-0.2, -0.15) is 13.2 Å². The van der Waals surface area contributed by atoms with Gasteiger partial charge in [0.05, 0.1) is 17.7 Å². The predicted molar refractivity (Wildman–Crippen MR) is 185 cm³/mol. The lowest BCUT2D eigenvalue weighted by molar-refractivity contribution is -0.206. The van der Waals surface area contributed by atoms with E-state index in [9.17, 15) is 27.2 Å². The Bertz CT molecular complexity index is 1400. The quantitative estimate of drug-likeness (QED) is 0.0456. The summed E-state index contributed by atoms with van der Waals surface area (Å²) in [6, 6.07) is 16.4. The molecule has 0 aliphatic rings. The van der Waals surface area contributed by atoms with E-state index in [0.29, 0.717) is 30.6 Å². The summed E-state index contributed by atoms with van der Waals surface area (Å²) in [5.41, 5.74) is 1.47. The molecule has 0 radical (unpaired) electrons. The fourth-order valence-corrected chi connectivity index (χ4v) is 5.44. The van der Waals surface area contributed by atoms with Crippen molar-refractivity contribution < 1.29 is 41.4 Å². The molecule has 49 heavy (non-hydrogen) atoms. The fourth-order valence-electron chi connectivity index (χ4n) is 5.44. The second kappa shape index (κ2) is 21.3. The van der Waals surface area contributed by atoms with Crippen molar-refractivity contribution in [2.75, 3.05) is 6.61 Å². The number of hydrogen-bond acceptors (Lipinski definition) is 5. The smallest absolute Gasteiger partial charge is 0.425 e. The van der Waals surface area contributed by atoms with Gasteiger partial charge in [0.15, 0.2) is 17.7 Å². The number of alkyl halides is 3. The first-order valence-corrected chi connectivity index (χ1v) is 17.7. The van der Waals surface area contributed by atoms with Crippen molar-refractivity contribution in [1.29, 1.82) is 0 Å². The van der Waals surface area contributed by atoms with Crippen LogP contribution in [0, 0.1) is 5.82 Å². The molecule has 3 aromatic carbocycles. The molecule has 0 aromatic heterocycles. The highest BCUT2D eigenvalue weighted by atomic mass is 19.4. The zero-order chi connectivity index (χ0) is 35.5. The molecule has 3 aromatic rings. The zero-order valence-electron chi connectivity index (χ0n) is 28.8. The highest BCUT2D eigenvalue weighted by molar-refractivity contribution is 5.92. The SMILES string of the molecule is CCCCCCCCCCOc1ccc(-c2ccc(C(=O)Oc3ccc(C(=O)OC(CCCCCCCC)C(F)(F)F)cc3)cc2)cc1F. The van der Waals surface area contributed by atoms with Crippen LogP contribution in [0.15, 0.2) is 66.7 Å². The third-order valence-electron chi connectivity index (χ3n) is 8.38. The van der Waals surface area contributed by atoms with Crippen LogP contribution in [0.5, 0.6) is 11.5 Å². The van der Waals surface area contributed by atoms with Crippen molar-refractivity contribution in [3.8, 4) is 22.6 Å². The van der Waals surface area contributed by atoms with Crippen LogP contribution in [0.4, 0.5) is 17.6 Å². The van der Waals surface area contributed by atoms with Crippen LogP contribution in [0.3, 0.4) is 0 Å². The molecule has 5 nitrogen and oxygen atoms in total. The van der Waals surface area contributed by atoms with Crippen molar-refractivity contribution in [3.63, 3.8) is 0 Å². The van der Waals surface area contributed by atoms with Crippen molar-refractivity contribution in [3.05, 3.63) is 83.7 Å². The van der Waals surface area contributed by atoms with E-state index in [1.165, 1.54) is 62.4 Å². The first kappa shape index (κ1) is 39.6. The second-order valence-corrected chi connectivity index (χ2v) is 12.5. The average molecular weight is 687 g/mol. The Morgan fingerprint density at radius 2 is 1.14 bits per heavy atom. The van der Waals surface area contributed by atoms with Gasteiger partial charge in [-0.15, -0.1) is 0 Å². The molecule has 1 atom stereocenters. The van der Waals surface area contributed by atoms with E-state index in [1.54, 1.807) is 36.4 Å². The number of rotatable bonds is 22. The maximum absolute atomic E-state index is 14.7. The van der Waals surface area contributed by atoms with E-state index in [0.717, 1.165) is 44.9 Å². The number of esters is 2. The molecule has 0 saturated heterocycles. The van der Waals surface area contributed by atoms with Gasteiger partial charge in [0.1, 0.15) is 5.75 Å². The molecule has 0 heterocycles. The Hall–Kier alpha value is -3.88. The van der Waals surface area contributed by atoms with Crippen LogP contribution in [0.2, 0.25) is 0 Å². The van der Waals surface area contributed by atoms with Crippen molar-refractivity contribution in [2.45, 2.75) is 122 Å². The van der Waals surface area contributed by atoms with Gasteiger partial charge in [0.25, 0.3) is 0 Å². The van der Waals surface area contributed by atoms with Crippen molar-refractivity contribution >= 4 is 11.9 Å². The zero-order valence-corrected chi connectivity index (χ0v) is 28.8. The molecular weight excluding hydrogens is 636 g/mol. The van der Waals surface area contributed by atoms with E-state index >= 15 is 0 Å². The van der Waals surface area contributed by atoms with Gasteiger partial charge in [-0.25, -0.2) is 14.0 Å². The number of halogens is 4. The summed E-state index contributed by atoms with van der Waals surface area (Å²) in [7, 11) is 0. The number of hydrogen-bond donors (Lipinski definition) is 0. The van der Waals surface area contributed by atoms with Gasteiger partial charge in [-0.05, 0) is 78.9 Å². The molecule has 0 N–H and O–H groups in total. The Kier molecular flexibility index (Phi) is 17.2. The lowest BCUT2D eigenvalue weighted by Crippen LogP contribution is -2.33. The first-order chi connectivity index (χ1) is 23.6. The van der Waals surface area contributed by atoms with E-state index in [4.69, 9.17) is 14.2 Å². The Morgan fingerprint density at radius 3 is 1.71 bits per heavy atom.